The minimum absolute atomic E-state index is 0.0955. The summed E-state index contributed by atoms with van der Waals surface area (Å²) >= 11 is 0. The van der Waals surface area contributed by atoms with E-state index in [0.717, 1.165) is 22.3 Å². The molecule has 0 atom stereocenters. The number of anilines is 6. The van der Waals surface area contributed by atoms with Crippen LogP contribution in [0.25, 0.3) is 121 Å². The first kappa shape index (κ1) is 36.9. The van der Waals surface area contributed by atoms with Crippen LogP contribution in [0.3, 0.4) is 0 Å². The third-order valence-corrected chi connectivity index (χ3v) is 18.6. The Morgan fingerprint density at radius 2 is 0.809 bits per heavy atom. The van der Waals surface area contributed by atoms with Gasteiger partial charge in [-0.2, -0.15) is 0 Å². The topological polar surface area (TPSA) is 29.5 Å². The Bertz CT molecular complexity index is 7000. The summed E-state index contributed by atoms with van der Waals surface area (Å²) in [7, 11) is 0. The third-order valence-electron chi connectivity index (χ3n) is 18.6. The predicted octanol–water partition coefficient (Wildman–Crippen LogP) is 21.8. The van der Waals surface area contributed by atoms with Crippen molar-refractivity contribution in [2.24, 2.45) is 0 Å². The lowest BCUT2D eigenvalue weighted by Crippen LogP contribution is -2.61. The van der Waals surface area contributed by atoms with Crippen molar-refractivity contribution >= 4 is 123 Å². The predicted molar refractivity (Wildman–Crippen MR) is 397 cm³/mol. The standard InChI is InChI=1S/C88H61BN4O/c1-88(2,3)62-51-70(58-30-12-6-13-31-58)87(71(52-62)59-32-14-7-15-33-59)93-78-48-60(56-26-8-4-9-27-56)44-46-72(78)89-73-47-45-63(90-74-39-21-16-34-65(74)66-35-17-22-40-75(66)90)53-79(73)92(80-49-61(57-28-10-5-11-29-57)50-84-85(80)69-38-20-25-43-83(69)94-84)81-54-64(55-82(93)86(81)89)91-76-41-23-18-36-67(76)68-37-19-24-42-77(68)91/h4-55H,1-3H3/i4D,8D,9D,16D,17D,18D,19D,21D,22D,23D,24D,26D,27D,34D,35D,36D,37D,39D,40D,41D,42D. The van der Waals surface area contributed by atoms with E-state index in [4.69, 9.17) is 11.3 Å². The van der Waals surface area contributed by atoms with Crippen LogP contribution in [0.2, 0.25) is 0 Å². The highest BCUT2D eigenvalue weighted by Gasteiger charge is 2.46. The first-order valence-corrected chi connectivity index (χ1v) is 31.0. The van der Waals surface area contributed by atoms with Gasteiger partial charge in [0.25, 0.3) is 6.71 Å². The van der Waals surface area contributed by atoms with Gasteiger partial charge < -0.3 is 23.4 Å². The van der Waals surface area contributed by atoms with Crippen LogP contribution in [0.5, 0.6) is 0 Å². The van der Waals surface area contributed by atoms with Crippen LogP contribution in [0.4, 0.5) is 34.1 Å². The average Bonchev–Trinajstić information content (AvgIpc) is 1.66. The smallest absolute Gasteiger partial charge is 0.252 e. The maximum atomic E-state index is 10.1. The highest BCUT2D eigenvalue weighted by molar-refractivity contribution is 7.00. The highest BCUT2D eigenvalue weighted by Crippen LogP contribution is 2.54. The summed E-state index contributed by atoms with van der Waals surface area (Å²) in [5, 5.41) is 0.512. The van der Waals surface area contributed by atoms with Gasteiger partial charge in [0.1, 0.15) is 11.2 Å². The molecule has 3 aromatic heterocycles. The highest BCUT2D eigenvalue weighted by atomic mass is 16.3. The summed E-state index contributed by atoms with van der Waals surface area (Å²) in [6.45, 7) is 5.38. The molecule has 0 fully saturated rings. The van der Waals surface area contributed by atoms with Crippen molar-refractivity contribution in [2.75, 3.05) is 9.80 Å². The third kappa shape index (κ3) is 8.22. The normalized spacial score (nSPS) is 15.9. The molecule has 94 heavy (non-hydrogen) atoms. The van der Waals surface area contributed by atoms with Gasteiger partial charge in [0.05, 0.1) is 73.3 Å². The number of nitrogens with zero attached hydrogens (tertiary/aromatic N) is 4. The molecule has 6 heteroatoms. The number of rotatable bonds is 8. The van der Waals surface area contributed by atoms with Crippen molar-refractivity contribution in [3.63, 3.8) is 0 Å². The summed E-state index contributed by atoms with van der Waals surface area (Å²) < 4.78 is 209. The maximum absolute atomic E-state index is 10.1. The first-order valence-electron chi connectivity index (χ1n) is 41.5. The molecule has 19 rings (SSSR count). The Hall–Kier alpha value is -11.9. The second kappa shape index (κ2) is 20.8. The molecule has 0 unspecified atom stereocenters. The Labute approximate surface area is 575 Å². The summed E-state index contributed by atoms with van der Waals surface area (Å²) in [5.74, 6) is 0. The number of furan rings is 1. The molecule has 14 aromatic carbocycles. The van der Waals surface area contributed by atoms with E-state index in [2.05, 4.69) is 37.8 Å². The van der Waals surface area contributed by atoms with Crippen molar-refractivity contribution in [3.8, 4) is 55.9 Å². The van der Waals surface area contributed by atoms with E-state index >= 15 is 0 Å². The Kier molecular flexibility index (Phi) is 8.17. The van der Waals surface area contributed by atoms with E-state index in [1.165, 1.54) is 9.13 Å². The molecule has 0 saturated heterocycles. The van der Waals surface area contributed by atoms with Crippen molar-refractivity contribution in [1.29, 1.82) is 0 Å². The van der Waals surface area contributed by atoms with Crippen molar-refractivity contribution in [3.05, 3.63) is 321 Å². The number of para-hydroxylation sites is 5. The lowest BCUT2D eigenvalue weighted by atomic mass is 9.33. The Balaban J connectivity index is 1.08. The van der Waals surface area contributed by atoms with E-state index < -0.39 is 139 Å². The summed E-state index contributed by atoms with van der Waals surface area (Å²) in [5.41, 5.74) is 9.57. The van der Waals surface area contributed by atoms with Gasteiger partial charge in [-0.3, -0.25) is 0 Å². The van der Waals surface area contributed by atoms with Crippen LogP contribution >= 0.6 is 0 Å². The molecule has 0 radical (unpaired) electrons. The zero-order valence-electron chi connectivity index (χ0n) is 71.7. The summed E-state index contributed by atoms with van der Waals surface area (Å²) in [6.07, 6.45) is 0. The monoisotopic (exact) mass is 1220 g/mol. The number of benzene rings is 14. The fourth-order valence-electron chi connectivity index (χ4n) is 14.4. The molecule has 0 amide bonds. The molecule has 0 N–H and O–H groups in total. The molecule has 0 aliphatic carbocycles. The minimum Gasteiger partial charge on any atom is -0.456 e. The van der Waals surface area contributed by atoms with Gasteiger partial charge >= 0.3 is 0 Å². The number of fused-ring (bicyclic) bond motifs is 13. The Morgan fingerprint density at radius 3 is 1.38 bits per heavy atom. The fourth-order valence-corrected chi connectivity index (χ4v) is 14.4. The van der Waals surface area contributed by atoms with E-state index in [1.54, 1.807) is 24.3 Å². The average molecular weight is 1220 g/mol. The molecule has 0 saturated carbocycles. The lowest BCUT2D eigenvalue weighted by Gasteiger charge is -2.45. The molecular weight excluding hydrogens is 1140 g/mol. The SMILES string of the molecule is [2H]c1c([2H])c([2H])c(-c2ccc3c(c2)N(c2c(-c4ccccc4)cc(C(C)(C)C)cc2-c2ccccc2)c2cc(-n4c5c([2H])c([2H])c([2H])c([2H])c5c5c([2H])c([2H])c([2H])c([2H])c54)cc4c2B3c2ccc(-n3c5c([2H])c([2H])c([2H])c([2H])c5c5c([2H])c([2H])c([2H])c([2H])c53)cc2N4c2cc(-c3ccccc3)cc3oc4ccccc4c23)c([2H])c1[2H]. The van der Waals surface area contributed by atoms with Crippen molar-refractivity contribution in [2.45, 2.75) is 26.2 Å². The van der Waals surface area contributed by atoms with Crippen LogP contribution in [-0.4, -0.2) is 15.8 Å². The zero-order chi connectivity index (χ0) is 80.6. The quantitative estimate of drug-likeness (QED) is 0.142. The molecule has 2 aliphatic rings. The largest absolute Gasteiger partial charge is 0.456 e. The van der Waals surface area contributed by atoms with Gasteiger partial charge in [-0.15, -0.1) is 0 Å². The van der Waals surface area contributed by atoms with Crippen LogP contribution < -0.4 is 26.2 Å². The van der Waals surface area contributed by atoms with E-state index in [1.807, 2.05) is 157 Å². The van der Waals surface area contributed by atoms with Gasteiger partial charge in [0, 0.05) is 66.5 Å². The number of hydrogen-bond donors (Lipinski definition) is 0. The maximum Gasteiger partial charge on any atom is 0.252 e. The summed E-state index contributed by atoms with van der Waals surface area (Å²) in [4.78, 5) is 4.11. The number of hydrogen-bond acceptors (Lipinski definition) is 3. The molecule has 2 aliphatic heterocycles. The van der Waals surface area contributed by atoms with Gasteiger partial charge in [-0.05, 0) is 146 Å². The molecule has 442 valence electrons. The molecular formula is C88H61BN4O. The van der Waals surface area contributed by atoms with Gasteiger partial charge in [0.15, 0.2) is 0 Å². The summed E-state index contributed by atoms with van der Waals surface area (Å²) in [6, 6.07) is 47.1. The van der Waals surface area contributed by atoms with Crippen molar-refractivity contribution in [1.82, 2.24) is 9.13 Å². The molecule has 5 heterocycles. The molecule has 0 bridgehead atoms. The van der Waals surface area contributed by atoms with Gasteiger partial charge in [0.2, 0.25) is 0 Å². The van der Waals surface area contributed by atoms with Crippen LogP contribution in [0, 0.1) is 0 Å². The van der Waals surface area contributed by atoms with Crippen molar-refractivity contribution < 1.29 is 33.2 Å². The van der Waals surface area contributed by atoms with Crippen LogP contribution in [0.15, 0.2) is 319 Å². The second-order valence-electron chi connectivity index (χ2n) is 24.8. The van der Waals surface area contributed by atoms with Crippen LogP contribution in [-0.2, 0) is 5.41 Å². The van der Waals surface area contributed by atoms with Gasteiger partial charge in [-0.25, -0.2) is 0 Å². The van der Waals surface area contributed by atoms with Gasteiger partial charge in [-0.1, -0.05) is 251 Å². The second-order valence-corrected chi connectivity index (χ2v) is 24.8. The minimum atomic E-state index is -0.983. The van der Waals surface area contributed by atoms with E-state index in [-0.39, 0.29) is 66.1 Å². The molecule has 17 aromatic rings. The van der Waals surface area contributed by atoms with Crippen LogP contribution in [0.1, 0.15) is 55.1 Å². The lowest BCUT2D eigenvalue weighted by molar-refractivity contribution is 0.591. The molecule has 5 nitrogen and oxygen atoms in total. The molecule has 0 spiro atoms. The fraction of sp³-hybridized carbons (Fsp3) is 0.0455. The van der Waals surface area contributed by atoms with E-state index in [9.17, 15) is 21.9 Å². The Morgan fingerprint density at radius 1 is 0.340 bits per heavy atom. The van der Waals surface area contributed by atoms with E-state index in [0.29, 0.717) is 89.1 Å². The number of aromatic nitrogens is 2. The zero-order valence-corrected chi connectivity index (χ0v) is 50.7. The first-order chi connectivity index (χ1) is 55.0.